The molecule has 0 spiro atoms. The number of hydrogen-bond donors (Lipinski definition) is 1. The van der Waals surface area contributed by atoms with Crippen molar-refractivity contribution in [1.82, 2.24) is 0 Å². The molecule has 0 bridgehead atoms. The van der Waals surface area contributed by atoms with Crippen LogP contribution in [0.5, 0.6) is 0 Å². The van der Waals surface area contributed by atoms with E-state index in [1.54, 1.807) is 24.0 Å². The van der Waals surface area contributed by atoms with Crippen molar-refractivity contribution >= 4 is 47.8 Å². The van der Waals surface area contributed by atoms with Gasteiger partial charge in [-0.15, -0.1) is 0 Å². The van der Waals surface area contributed by atoms with E-state index in [0.717, 1.165) is 19.3 Å². The lowest BCUT2D eigenvalue weighted by Gasteiger charge is -2.46. The lowest BCUT2D eigenvalue weighted by atomic mass is 9.86. The van der Waals surface area contributed by atoms with E-state index >= 15 is 4.39 Å². The smallest absolute Gasteiger partial charge is 0.363 e. The van der Waals surface area contributed by atoms with Crippen molar-refractivity contribution in [3.05, 3.63) is 89.7 Å². The highest BCUT2D eigenvalue weighted by molar-refractivity contribution is 6.99. The van der Waals surface area contributed by atoms with E-state index in [0.29, 0.717) is 12.3 Å². The molecule has 2 aliphatic rings. The SMILES string of the molecule is CCOC(=O)C1(O)CN(c2cccc(Cl)c2F)C(C2CCCC(O[Si](c3ccccc3)(c3ccccc3)C(C)(C)C)C2)=N1. The summed E-state index contributed by atoms with van der Waals surface area (Å²) in [6.45, 7) is 8.27. The minimum Gasteiger partial charge on any atom is -0.462 e. The third kappa shape index (κ3) is 6.03. The summed E-state index contributed by atoms with van der Waals surface area (Å²) in [5.41, 5.74) is -1.98. The summed E-state index contributed by atoms with van der Waals surface area (Å²) in [6.07, 6.45) is 2.98. The molecule has 6 nitrogen and oxygen atoms in total. The first-order valence-electron chi connectivity index (χ1n) is 15.0. The highest BCUT2D eigenvalue weighted by Crippen LogP contribution is 2.42. The maximum absolute atomic E-state index is 15.4. The molecule has 1 saturated carbocycles. The van der Waals surface area contributed by atoms with Crippen molar-refractivity contribution < 1.29 is 23.5 Å². The lowest BCUT2D eigenvalue weighted by molar-refractivity contribution is -0.162. The van der Waals surface area contributed by atoms with E-state index in [1.165, 1.54) is 16.4 Å². The fraction of sp³-hybridized carbons (Fsp3) is 0.412. The molecule has 9 heteroatoms. The Morgan fingerprint density at radius 1 is 1.05 bits per heavy atom. The first-order valence-corrected chi connectivity index (χ1v) is 17.3. The summed E-state index contributed by atoms with van der Waals surface area (Å²) in [5.74, 6) is -1.21. The number of aliphatic imine (C=N–C) groups is 1. The van der Waals surface area contributed by atoms with E-state index in [4.69, 9.17) is 20.8 Å². The number of hydrogen-bond acceptors (Lipinski definition) is 6. The molecule has 3 aromatic rings. The number of anilines is 1. The van der Waals surface area contributed by atoms with E-state index < -0.39 is 25.8 Å². The fourth-order valence-corrected chi connectivity index (χ4v) is 11.5. The molecular weight excluding hydrogens is 583 g/mol. The predicted molar refractivity (Wildman–Crippen MR) is 172 cm³/mol. The Bertz CT molecular complexity index is 1430. The number of rotatable bonds is 8. The van der Waals surface area contributed by atoms with Gasteiger partial charge in [0.2, 0.25) is 0 Å². The molecular formula is C34H40ClFN2O4Si. The minimum absolute atomic E-state index is 0.0417. The van der Waals surface area contributed by atoms with Gasteiger partial charge in [-0.3, -0.25) is 0 Å². The molecule has 0 amide bonds. The summed E-state index contributed by atoms with van der Waals surface area (Å²) in [4.78, 5) is 19.0. The summed E-state index contributed by atoms with van der Waals surface area (Å²) >= 11 is 6.15. The molecule has 3 atom stereocenters. The molecule has 43 heavy (non-hydrogen) atoms. The van der Waals surface area contributed by atoms with Crippen LogP contribution >= 0.6 is 11.6 Å². The third-order valence-electron chi connectivity index (χ3n) is 8.53. The Balaban J connectivity index is 1.54. The van der Waals surface area contributed by atoms with Gasteiger partial charge in [0.1, 0.15) is 5.84 Å². The number of carbonyl (C=O) groups is 1. The third-order valence-corrected chi connectivity index (χ3v) is 13.9. The molecule has 1 fully saturated rings. The van der Waals surface area contributed by atoms with Gasteiger partial charge >= 0.3 is 5.97 Å². The standard InChI is InChI=1S/C34H40ClFN2O4Si/c1-5-41-32(39)34(40)23-38(29-21-13-20-28(35)30(29)36)31(37-34)24-14-12-15-25(22-24)42-43(33(2,3)4,26-16-8-6-9-17-26)27-18-10-7-11-19-27/h6-11,13,16-21,24-25,40H,5,12,14-15,22-23H2,1-4H3. The van der Waals surface area contributed by atoms with Crippen molar-refractivity contribution in [2.45, 2.75) is 70.2 Å². The number of carbonyl (C=O) groups excluding carboxylic acids is 1. The molecule has 0 radical (unpaired) electrons. The molecule has 3 unspecified atom stereocenters. The number of β-amino-alcohol motifs (C(OH)–C–C–N with tert-alkyl or cyclic N) is 1. The number of esters is 1. The van der Waals surface area contributed by atoms with E-state index in [1.807, 2.05) is 12.1 Å². The van der Waals surface area contributed by atoms with Crippen molar-refractivity contribution in [2.24, 2.45) is 10.9 Å². The summed E-state index contributed by atoms with van der Waals surface area (Å²) < 4.78 is 28.0. The molecule has 0 aromatic heterocycles. The van der Waals surface area contributed by atoms with Gasteiger partial charge in [-0.2, -0.15) is 0 Å². The minimum atomic E-state index is -2.81. The van der Waals surface area contributed by atoms with Gasteiger partial charge in [0.05, 0.1) is 23.9 Å². The monoisotopic (exact) mass is 622 g/mol. The van der Waals surface area contributed by atoms with Crippen molar-refractivity contribution in [1.29, 1.82) is 0 Å². The van der Waals surface area contributed by atoms with Crippen molar-refractivity contribution in [3.8, 4) is 0 Å². The lowest BCUT2D eigenvalue weighted by Crippen LogP contribution is -2.68. The van der Waals surface area contributed by atoms with E-state index in [2.05, 4.69) is 74.3 Å². The quantitative estimate of drug-likeness (QED) is 0.243. The van der Waals surface area contributed by atoms with Crippen LogP contribution in [-0.2, 0) is 14.0 Å². The van der Waals surface area contributed by atoms with Crippen LogP contribution in [0.1, 0.15) is 53.4 Å². The molecule has 1 N–H and O–H groups in total. The number of aliphatic hydroxyl groups is 1. The van der Waals surface area contributed by atoms with Crippen LogP contribution in [0.3, 0.4) is 0 Å². The molecule has 1 aliphatic heterocycles. The van der Waals surface area contributed by atoms with Gasteiger partial charge < -0.3 is 19.2 Å². The zero-order valence-corrected chi connectivity index (χ0v) is 27.0. The summed E-state index contributed by atoms with van der Waals surface area (Å²) in [5, 5.41) is 13.5. The zero-order chi connectivity index (χ0) is 30.8. The summed E-state index contributed by atoms with van der Waals surface area (Å²) in [7, 11) is -2.81. The maximum atomic E-state index is 15.4. The van der Waals surface area contributed by atoms with Crippen LogP contribution in [0.4, 0.5) is 10.1 Å². The van der Waals surface area contributed by atoms with Gasteiger partial charge in [-0.25, -0.2) is 14.2 Å². The van der Waals surface area contributed by atoms with Crippen LogP contribution < -0.4 is 15.3 Å². The highest BCUT2D eigenvalue weighted by atomic mass is 35.5. The van der Waals surface area contributed by atoms with E-state index in [-0.39, 0.29) is 40.9 Å². The van der Waals surface area contributed by atoms with Crippen LogP contribution in [0, 0.1) is 11.7 Å². The Labute approximate surface area is 259 Å². The summed E-state index contributed by atoms with van der Waals surface area (Å²) in [6, 6.07) is 25.7. The number of halogens is 2. The van der Waals surface area contributed by atoms with Gasteiger partial charge in [0.15, 0.2) is 5.82 Å². The fourth-order valence-electron chi connectivity index (χ4n) is 6.59. The van der Waals surface area contributed by atoms with Gasteiger partial charge in [-0.05, 0) is 53.7 Å². The van der Waals surface area contributed by atoms with Crippen LogP contribution in [-0.4, -0.2) is 50.2 Å². The second-order valence-corrected chi connectivity index (χ2v) is 17.1. The van der Waals surface area contributed by atoms with Gasteiger partial charge in [0, 0.05) is 12.0 Å². The van der Waals surface area contributed by atoms with Gasteiger partial charge in [0.25, 0.3) is 14.0 Å². The second kappa shape index (κ2) is 12.5. The highest BCUT2D eigenvalue weighted by Gasteiger charge is 2.53. The van der Waals surface area contributed by atoms with Crippen molar-refractivity contribution in [3.63, 3.8) is 0 Å². The predicted octanol–water partition coefficient (Wildman–Crippen LogP) is 6.08. The number of benzene rings is 3. The zero-order valence-electron chi connectivity index (χ0n) is 25.2. The second-order valence-electron chi connectivity index (χ2n) is 12.4. The average molecular weight is 623 g/mol. The number of amidine groups is 1. The number of nitrogens with zero attached hydrogens (tertiary/aromatic N) is 2. The average Bonchev–Trinajstić information content (AvgIpc) is 3.36. The Hall–Kier alpha value is -3.04. The first-order chi connectivity index (χ1) is 20.5. The molecule has 1 aliphatic carbocycles. The van der Waals surface area contributed by atoms with E-state index in [9.17, 15) is 9.90 Å². The Kier molecular flexibility index (Phi) is 9.14. The van der Waals surface area contributed by atoms with Crippen LogP contribution in [0.2, 0.25) is 10.1 Å². The molecule has 1 heterocycles. The van der Waals surface area contributed by atoms with Crippen LogP contribution in [0.15, 0.2) is 83.9 Å². The molecule has 228 valence electrons. The molecule has 0 saturated heterocycles. The Morgan fingerprint density at radius 3 is 2.26 bits per heavy atom. The van der Waals surface area contributed by atoms with Crippen molar-refractivity contribution in [2.75, 3.05) is 18.1 Å². The largest absolute Gasteiger partial charge is 0.462 e. The van der Waals surface area contributed by atoms with Crippen LogP contribution in [0.25, 0.3) is 0 Å². The normalized spacial score (nSPS) is 22.8. The Morgan fingerprint density at radius 2 is 1.67 bits per heavy atom. The first kappa shape index (κ1) is 31.4. The maximum Gasteiger partial charge on any atom is 0.363 e. The van der Waals surface area contributed by atoms with Gasteiger partial charge in [-0.1, -0.05) is 106 Å². The molecule has 5 rings (SSSR count). The molecule has 3 aromatic carbocycles. The number of ether oxygens (including phenoxy) is 1. The topological polar surface area (TPSA) is 71.4 Å².